The Morgan fingerprint density at radius 2 is 0.556 bits per heavy atom. The molecule has 0 unspecified atom stereocenters. The third-order valence-corrected chi connectivity index (χ3v) is 13.8. The van der Waals surface area contributed by atoms with Gasteiger partial charge in [-0.1, -0.05) is 78.1 Å². The summed E-state index contributed by atoms with van der Waals surface area (Å²) in [6, 6.07) is 0. The van der Waals surface area contributed by atoms with Gasteiger partial charge in [-0.25, -0.2) is 45.5 Å². The highest BCUT2D eigenvalue weighted by atomic mass is 32.2. The van der Waals surface area contributed by atoms with Crippen molar-refractivity contribution in [1.82, 2.24) is 29.0 Å². The van der Waals surface area contributed by atoms with Gasteiger partial charge in [0.1, 0.15) is 22.4 Å². The molecule has 0 aromatic rings. The number of rotatable bonds is 37. The molecule has 0 heterocycles. The summed E-state index contributed by atoms with van der Waals surface area (Å²) in [6.45, 7) is 28.2. The molecular formula is C52H104N6O12S2. The van der Waals surface area contributed by atoms with E-state index in [2.05, 4.69) is 23.3 Å². The van der Waals surface area contributed by atoms with Crippen LogP contribution in [0.1, 0.15) is 213 Å². The Balaban J connectivity index is 5.79. The van der Waals surface area contributed by atoms with Gasteiger partial charge in [-0.15, -0.1) is 0 Å². The number of sulfonamides is 2. The monoisotopic (exact) mass is 1070 g/mol. The lowest BCUT2D eigenvalue weighted by Gasteiger charge is -2.31. The summed E-state index contributed by atoms with van der Waals surface area (Å²) in [5.74, 6) is 0.138. The molecule has 4 amide bonds. The van der Waals surface area contributed by atoms with E-state index in [1.165, 1.54) is 0 Å². The molecule has 0 saturated carbocycles. The van der Waals surface area contributed by atoms with Crippen LogP contribution in [0, 0.1) is 0 Å². The van der Waals surface area contributed by atoms with Crippen molar-refractivity contribution in [3.05, 3.63) is 0 Å². The maximum Gasteiger partial charge on any atom is 0.410 e. The predicted octanol–water partition coefficient (Wildman–Crippen LogP) is 10.8. The summed E-state index contributed by atoms with van der Waals surface area (Å²) in [5.41, 5.74) is -3.03. The number of nitrogens with zero attached hydrogens (tertiary/aromatic N) is 4. The van der Waals surface area contributed by atoms with Crippen LogP contribution in [0.5, 0.6) is 0 Å². The average molecular weight is 1070 g/mol. The van der Waals surface area contributed by atoms with E-state index in [-0.39, 0.29) is 63.9 Å². The minimum atomic E-state index is -3.44. The van der Waals surface area contributed by atoms with Gasteiger partial charge < -0.3 is 38.5 Å². The molecule has 0 saturated heterocycles. The van der Waals surface area contributed by atoms with Crippen molar-refractivity contribution in [3.8, 4) is 0 Å². The van der Waals surface area contributed by atoms with Crippen molar-refractivity contribution in [2.24, 2.45) is 0 Å². The molecule has 20 heteroatoms. The van der Waals surface area contributed by atoms with Gasteiger partial charge in [-0.2, -0.15) is 0 Å². The van der Waals surface area contributed by atoms with Crippen LogP contribution in [0.3, 0.4) is 0 Å². The Morgan fingerprint density at radius 3 is 0.806 bits per heavy atom. The Hall–Kier alpha value is -3.10. The Kier molecular flexibility index (Phi) is 33.7. The highest BCUT2D eigenvalue weighted by molar-refractivity contribution is 7.89. The summed E-state index contributed by atoms with van der Waals surface area (Å²) in [4.78, 5) is 60.0. The molecule has 0 atom stereocenters. The number of unbranched alkanes of at least 4 members (excludes halogenated alkanes) is 11. The molecule has 18 nitrogen and oxygen atoms in total. The third-order valence-electron chi connectivity index (χ3n) is 10.8. The van der Waals surface area contributed by atoms with Gasteiger partial charge in [-0.05, 0) is 134 Å². The van der Waals surface area contributed by atoms with Crippen LogP contribution in [0.25, 0.3) is 0 Å². The maximum absolute atomic E-state index is 13.5. The van der Waals surface area contributed by atoms with E-state index >= 15 is 0 Å². The van der Waals surface area contributed by atoms with E-state index in [1.54, 1.807) is 103 Å². The number of carbonyl (C=O) groups is 4. The number of carbonyl (C=O) groups excluding carboxylic acids is 4. The van der Waals surface area contributed by atoms with Crippen LogP contribution < -0.4 is 9.44 Å². The van der Waals surface area contributed by atoms with Crippen molar-refractivity contribution >= 4 is 44.4 Å². The summed E-state index contributed by atoms with van der Waals surface area (Å²) < 4.78 is 78.8. The van der Waals surface area contributed by atoms with Crippen LogP contribution in [0.15, 0.2) is 0 Å². The molecule has 0 aliphatic rings. The van der Waals surface area contributed by atoms with Gasteiger partial charge in [0, 0.05) is 65.4 Å². The standard InChI is InChI=1S/C52H104N6O12S2/c1-15-17-19-21-23-27-43-71(63,64)53-33-29-37-57(47(61)69-51(9,10)11)41-31-39-55(45(59)67-49(3,4)5)35-25-26-36-56(46(60)68-50(6,7)8)40-32-42-58(48(62)70-52(12,13)14)38-30-34-54-72(65,66)44-28-24-22-20-18-16-2/h53-54H,15-44H2,1-14H3. The van der Waals surface area contributed by atoms with Crippen molar-refractivity contribution in [2.45, 2.75) is 235 Å². The molecule has 426 valence electrons. The minimum absolute atomic E-state index is 0.0688. The van der Waals surface area contributed by atoms with Crippen molar-refractivity contribution < 1.29 is 55.0 Å². The first kappa shape index (κ1) is 68.9. The number of ether oxygens (including phenoxy) is 4. The van der Waals surface area contributed by atoms with Crippen molar-refractivity contribution in [3.63, 3.8) is 0 Å². The van der Waals surface area contributed by atoms with Crippen LogP contribution >= 0.6 is 0 Å². The second-order valence-corrected chi connectivity index (χ2v) is 26.8. The molecule has 0 fully saturated rings. The van der Waals surface area contributed by atoms with Gasteiger partial charge in [0.15, 0.2) is 0 Å². The van der Waals surface area contributed by atoms with Crippen molar-refractivity contribution in [1.29, 1.82) is 0 Å². The summed E-state index contributed by atoms with van der Waals surface area (Å²) in [5, 5.41) is 0. The van der Waals surface area contributed by atoms with Crippen LogP contribution in [-0.2, 0) is 39.0 Å². The number of hydrogen-bond donors (Lipinski definition) is 2. The van der Waals surface area contributed by atoms with E-state index in [0.29, 0.717) is 64.5 Å². The fourth-order valence-electron chi connectivity index (χ4n) is 7.28. The van der Waals surface area contributed by atoms with Gasteiger partial charge >= 0.3 is 24.4 Å². The second-order valence-electron chi connectivity index (χ2n) is 23.0. The van der Waals surface area contributed by atoms with Gasteiger partial charge in [0.05, 0.1) is 11.5 Å². The van der Waals surface area contributed by atoms with Crippen LogP contribution in [0.4, 0.5) is 19.2 Å². The Labute approximate surface area is 438 Å². The van der Waals surface area contributed by atoms with Crippen molar-refractivity contribution in [2.75, 3.05) is 77.0 Å². The van der Waals surface area contributed by atoms with Gasteiger partial charge in [-0.3, -0.25) is 0 Å². The van der Waals surface area contributed by atoms with E-state index < -0.39 is 66.8 Å². The third kappa shape index (κ3) is 39.4. The first-order valence-electron chi connectivity index (χ1n) is 27.1. The van der Waals surface area contributed by atoms with Gasteiger partial charge in [0.25, 0.3) is 0 Å². The normalized spacial score (nSPS) is 12.6. The summed E-state index contributed by atoms with van der Waals surface area (Å²) >= 11 is 0. The predicted molar refractivity (Wildman–Crippen MR) is 289 cm³/mol. The molecule has 0 aromatic heterocycles. The summed E-state index contributed by atoms with van der Waals surface area (Å²) in [6.07, 6.45) is 12.2. The largest absolute Gasteiger partial charge is 0.444 e. The smallest absolute Gasteiger partial charge is 0.410 e. The number of amides is 4. The second kappa shape index (κ2) is 35.2. The molecule has 0 aromatic carbocycles. The average Bonchev–Trinajstić information content (AvgIpc) is 3.22. The molecule has 0 aliphatic heterocycles. The Bertz CT molecular complexity index is 1610. The molecule has 0 rings (SSSR count). The maximum atomic E-state index is 13.5. The first-order chi connectivity index (χ1) is 33.3. The zero-order valence-corrected chi connectivity index (χ0v) is 49.4. The highest BCUT2D eigenvalue weighted by Gasteiger charge is 2.27. The first-order valence-corrected chi connectivity index (χ1v) is 30.5. The highest BCUT2D eigenvalue weighted by Crippen LogP contribution is 2.17. The minimum Gasteiger partial charge on any atom is -0.444 e. The molecule has 0 radical (unpaired) electrons. The fraction of sp³-hybridized carbons (Fsp3) is 0.923. The van der Waals surface area contributed by atoms with Crippen LogP contribution in [-0.4, -0.2) is 160 Å². The molecule has 0 bridgehead atoms. The molecule has 0 aliphatic carbocycles. The van der Waals surface area contributed by atoms with E-state index in [0.717, 1.165) is 64.2 Å². The topological polar surface area (TPSA) is 210 Å². The molecule has 0 spiro atoms. The van der Waals surface area contributed by atoms with Gasteiger partial charge in [0.2, 0.25) is 20.0 Å². The van der Waals surface area contributed by atoms with E-state index in [4.69, 9.17) is 18.9 Å². The Morgan fingerprint density at radius 1 is 0.333 bits per heavy atom. The zero-order valence-electron chi connectivity index (χ0n) is 47.7. The molecule has 2 N–H and O–H groups in total. The van der Waals surface area contributed by atoms with E-state index in [9.17, 15) is 36.0 Å². The lowest BCUT2D eigenvalue weighted by molar-refractivity contribution is 0.0165. The number of nitrogens with one attached hydrogen (secondary N) is 2. The fourth-order valence-corrected chi connectivity index (χ4v) is 9.65. The van der Waals surface area contributed by atoms with E-state index in [1.807, 2.05) is 0 Å². The molecular weight excluding hydrogens is 965 g/mol. The quantitative estimate of drug-likeness (QED) is 0.0440. The number of hydrogen-bond acceptors (Lipinski definition) is 12. The zero-order chi connectivity index (χ0) is 55.1. The van der Waals surface area contributed by atoms with Crippen LogP contribution in [0.2, 0.25) is 0 Å². The lowest BCUT2D eigenvalue weighted by Crippen LogP contribution is -2.42. The SMILES string of the molecule is CCCCCCCCS(=O)(=O)NCCCN(CCCN(CCCCN(CCCN(CCCNS(=O)(=O)CCCCCCCC)C(=O)OC(C)(C)C)C(=O)OC(C)(C)C)C(=O)OC(C)(C)C)C(=O)OC(C)(C)C. The molecule has 72 heavy (non-hydrogen) atoms. The summed E-state index contributed by atoms with van der Waals surface area (Å²) in [7, 11) is -6.88. The lowest BCUT2D eigenvalue weighted by atomic mass is 10.1.